The van der Waals surface area contributed by atoms with E-state index in [0.29, 0.717) is 31.5 Å². The summed E-state index contributed by atoms with van der Waals surface area (Å²) in [5.41, 5.74) is 4.37. The zero-order valence-corrected chi connectivity index (χ0v) is 20.8. The predicted octanol–water partition coefficient (Wildman–Crippen LogP) is 3.93. The molecule has 2 aromatic rings. The van der Waals surface area contributed by atoms with Gasteiger partial charge in [0.25, 0.3) is 0 Å². The molecule has 1 heterocycles. The second-order valence-corrected chi connectivity index (χ2v) is 10.7. The van der Waals surface area contributed by atoms with Crippen LogP contribution in [0.4, 0.5) is 11.4 Å². The van der Waals surface area contributed by atoms with Crippen LogP contribution in [0.1, 0.15) is 50.3 Å². The van der Waals surface area contributed by atoms with Crippen LogP contribution >= 0.6 is 0 Å². The molecule has 2 N–H and O–H groups in total. The fourth-order valence-electron chi connectivity index (χ4n) is 3.98. The van der Waals surface area contributed by atoms with Crippen molar-refractivity contribution in [1.82, 2.24) is 4.72 Å². The zero-order valence-electron chi connectivity index (χ0n) is 19.9. The van der Waals surface area contributed by atoms with E-state index in [1.807, 2.05) is 45.9 Å². The molecule has 3 rings (SSSR count). The zero-order chi connectivity index (χ0) is 24.3. The minimum atomic E-state index is -3.94. The minimum absolute atomic E-state index is 0.0162. The average Bonchev–Trinajstić information content (AvgIpc) is 3.18. The number of aryl methyl sites for hydroxylation is 2. The first-order valence-corrected chi connectivity index (χ1v) is 12.8. The van der Waals surface area contributed by atoms with Crippen molar-refractivity contribution in [3.63, 3.8) is 0 Å². The van der Waals surface area contributed by atoms with Crippen LogP contribution in [0.25, 0.3) is 0 Å². The number of carbonyl (C=O) groups excluding carboxylic acids is 2. The Morgan fingerprint density at radius 3 is 2.42 bits per heavy atom. The van der Waals surface area contributed by atoms with Crippen LogP contribution in [0, 0.1) is 19.8 Å². The van der Waals surface area contributed by atoms with Crippen molar-refractivity contribution in [2.45, 2.75) is 64.8 Å². The van der Waals surface area contributed by atoms with Crippen LogP contribution < -0.4 is 14.9 Å². The number of carbonyl (C=O) groups is 2. The quantitative estimate of drug-likeness (QED) is 0.610. The first-order valence-electron chi connectivity index (χ1n) is 11.4. The second kappa shape index (κ2) is 10.1. The molecule has 0 saturated carbocycles. The van der Waals surface area contributed by atoms with Gasteiger partial charge in [-0.25, -0.2) is 8.42 Å². The Kier molecular flexibility index (Phi) is 7.59. The molecule has 1 aliphatic heterocycles. The first-order chi connectivity index (χ1) is 15.5. The summed E-state index contributed by atoms with van der Waals surface area (Å²) >= 11 is 0. The monoisotopic (exact) mass is 471 g/mol. The number of nitrogens with one attached hydrogen (secondary N) is 2. The molecule has 33 heavy (non-hydrogen) atoms. The highest BCUT2D eigenvalue weighted by Crippen LogP contribution is 2.31. The Labute approximate surface area is 196 Å². The number of hydrogen-bond donors (Lipinski definition) is 2. The van der Waals surface area contributed by atoms with E-state index in [4.69, 9.17) is 0 Å². The van der Waals surface area contributed by atoms with Gasteiger partial charge in [-0.05, 0) is 79.6 Å². The molecule has 0 unspecified atom stereocenters. The Morgan fingerprint density at radius 1 is 1.06 bits per heavy atom. The van der Waals surface area contributed by atoms with Crippen molar-refractivity contribution in [1.29, 1.82) is 0 Å². The summed E-state index contributed by atoms with van der Waals surface area (Å²) in [7, 11) is -3.94. The summed E-state index contributed by atoms with van der Waals surface area (Å²) in [6, 6.07) is 9.47. The average molecular weight is 472 g/mol. The maximum Gasteiger partial charge on any atom is 0.242 e. The van der Waals surface area contributed by atoms with E-state index in [1.165, 1.54) is 6.07 Å². The summed E-state index contributed by atoms with van der Waals surface area (Å²) in [6.07, 6.45) is 1.36. The smallest absolute Gasteiger partial charge is 0.242 e. The third-order valence-corrected chi connectivity index (χ3v) is 7.43. The van der Waals surface area contributed by atoms with E-state index in [9.17, 15) is 18.0 Å². The van der Waals surface area contributed by atoms with Crippen molar-refractivity contribution in [3.05, 3.63) is 53.1 Å². The molecule has 2 aromatic carbocycles. The normalized spacial score (nSPS) is 14.3. The molecule has 8 heteroatoms. The summed E-state index contributed by atoms with van der Waals surface area (Å²) in [6.45, 7) is 10.2. The van der Waals surface area contributed by atoms with Crippen LogP contribution in [0.3, 0.4) is 0 Å². The maximum absolute atomic E-state index is 13.2. The first kappa shape index (κ1) is 24.9. The molecule has 0 spiro atoms. The third kappa shape index (κ3) is 5.81. The van der Waals surface area contributed by atoms with Gasteiger partial charge in [0.15, 0.2) is 0 Å². The Morgan fingerprint density at radius 2 is 1.79 bits per heavy atom. The van der Waals surface area contributed by atoms with Crippen LogP contribution in [-0.4, -0.2) is 32.8 Å². The largest absolute Gasteiger partial charge is 0.325 e. The fourth-order valence-corrected chi connectivity index (χ4v) is 5.24. The molecular weight excluding hydrogens is 438 g/mol. The number of hydrogen-bond acceptors (Lipinski definition) is 4. The molecular formula is C25H33N3O4S. The van der Waals surface area contributed by atoms with E-state index < -0.39 is 22.0 Å². The van der Waals surface area contributed by atoms with Gasteiger partial charge in [-0.15, -0.1) is 0 Å². The lowest BCUT2D eigenvalue weighted by Crippen LogP contribution is -2.44. The van der Waals surface area contributed by atoms with Crippen LogP contribution in [0.15, 0.2) is 41.3 Å². The van der Waals surface area contributed by atoms with Crippen molar-refractivity contribution in [2.75, 3.05) is 16.8 Å². The van der Waals surface area contributed by atoms with Crippen LogP contribution in [0.2, 0.25) is 0 Å². The van der Waals surface area contributed by atoms with E-state index in [-0.39, 0.29) is 16.7 Å². The van der Waals surface area contributed by atoms with Gasteiger partial charge in [-0.2, -0.15) is 4.72 Å². The van der Waals surface area contributed by atoms with Gasteiger partial charge >= 0.3 is 0 Å². The predicted molar refractivity (Wildman–Crippen MR) is 131 cm³/mol. The van der Waals surface area contributed by atoms with Crippen molar-refractivity contribution >= 4 is 33.2 Å². The van der Waals surface area contributed by atoms with Gasteiger partial charge < -0.3 is 10.2 Å². The molecule has 0 saturated heterocycles. The number of nitrogens with zero attached hydrogens (tertiary/aromatic N) is 1. The lowest BCUT2D eigenvalue weighted by molar-refractivity contribution is -0.118. The molecule has 0 fully saturated rings. The molecule has 7 nitrogen and oxygen atoms in total. The molecule has 0 aliphatic carbocycles. The lowest BCUT2D eigenvalue weighted by atomic mass is 10.0. The minimum Gasteiger partial charge on any atom is -0.325 e. The summed E-state index contributed by atoms with van der Waals surface area (Å²) < 4.78 is 29.0. The molecule has 1 aliphatic rings. The van der Waals surface area contributed by atoms with Crippen LogP contribution in [0.5, 0.6) is 0 Å². The number of benzene rings is 2. The maximum atomic E-state index is 13.2. The van der Waals surface area contributed by atoms with Gasteiger partial charge in [0.2, 0.25) is 21.8 Å². The highest BCUT2D eigenvalue weighted by atomic mass is 32.2. The van der Waals surface area contributed by atoms with Crippen molar-refractivity contribution in [2.24, 2.45) is 5.92 Å². The standard InChI is InChI=1S/C25H33N3O4S/c1-6-24(29)28-12-11-19-15-21(9-10-23(19)28)33(31,32)27-22(13-16(2)3)25(30)26-20-8-7-17(4)18(5)14-20/h7-10,14-16,22,27H,6,11-13H2,1-5H3,(H,26,30)/t22-/m1/s1. The number of fused-ring (bicyclic) bond motifs is 1. The Hall–Kier alpha value is -2.71. The molecule has 0 bridgehead atoms. The van der Waals surface area contributed by atoms with Crippen LogP contribution in [-0.2, 0) is 26.0 Å². The van der Waals surface area contributed by atoms with E-state index in [1.54, 1.807) is 24.0 Å². The van der Waals surface area contributed by atoms with E-state index >= 15 is 0 Å². The van der Waals surface area contributed by atoms with Crippen molar-refractivity contribution in [3.8, 4) is 0 Å². The van der Waals surface area contributed by atoms with Crippen molar-refractivity contribution < 1.29 is 18.0 Å². The van der Waals surface area contributed by atoms with Gasteiger partial charge in [-0.1, -0.05) is 26.8 Å². The number of anilines is 2. The number of rotatable bonds is 8. The Balaban J connectivity index is 1.81. The highest BCUT2D eigenvalue weighted by molar-refractivity contribution is 7.89. The summed E-state index contributed by atoms with van der Waals surface area (Å²) in [5.74, 6) is -0.268. The molecule has 1 atom stereocenters. The fraction of sp³-hybridized carbons (Fsp3) is 0.440. The highest BCUT2D eigenvalue weighted by Gasteiger charge is 2.29. The number of amides is 2. The number of sulfonamides is 1. The second-order valence-electron chi connectivity index (χ2n) is 9.03. The van der Waals surface area contributed by atoms with Gasteiger partial charge in [0.1, 0.15) is 6.04 Å². The summed E-state index contributed by atoms with van der Waals surface area (Å²) in [4.78, 5) is 26.9. The SMILES string of the molecule is CCC(=O)N1CCc2cc(S(=O)(=O)N[C@H](CC(C)C)C(=O)Nc3ccc(C)c(C)c3)ccc21. The molecule has 0 radical (unpaired) electrons. The van der Waals surface area contributed by atoms with E-state index in [0.717, 1.165) is 22.4 Å². The van der Waals surface area contributed by atoms with Gasteiger partial charge in [0.05, 0.1) is 4.90 Å². The van der Waals surface area contributed by atoms with Gasteiger partial charge in [-0.3, -0.25) is 9.59 Å². The topological polar surface area (TPSA) is 95.6 Å². The molecule has 0 aromatic heterocycles. The molecule has 178 valence electrons. The Bertz CT molecular complexity index is 1160. The summed E-state index contributed by atoms with van der Waals surface area (Å²) in [5, 5.41) is 2.85. The third-order valence-electron chi connectivity index (χ3n) is 5.96. The van der Waals surface area contributed by atoms with Gasteiger partial charge in [0, 0.05) is 24.3 Å². The lowest BCUT2D eigenvalue weighted by Gasteiger charge is -2.21. The van der Waals surface area contributed by atoms with E-state index in [2.05, 4.69) is 10.0 Å². The molecule has 2 amide bonds.